The molecule has 0 unspecified atom stereocenters. The average molecular weight is 340 g/mol. The van der Waals surface area contributed by atoms with E-state index in [1.165, 1.54) is 7.11 Å². The first kappa shape index (κ1) is 16.5. The molecule has 0 aromatic heterocycles. The van der Waals surface area contributed by atoms with Crippen molar-refractivity contribution in [1.82, 2.24) is 0 Å². The van der Waals surface area contributed by atoms with Gasteiger partial charge in [-0.15, -0.1) is 0 Å². The summed E-state index contributed by atoms with van der Waals surface area (Å²) in [6.07, 6.45) is 0. The molecule has 2 rings (SSSR count). The molecule has 2 aromatic rings. The molecule has 116 valence electrons. The van der Waals surface area contributed by atoms with Crippen molar-refractivity contribution in [3.05, 3.63) is 52.0 Å². The summed E-state index contributed by atoms with van der Waals surface area (Å²) < 4.78 is 10.7. The van der Waals surface area contributed by atoms with Gasteiger partial charge in [-0.1, -0.05) is 23.2 Å². The fourth-order valence-electron chi connectivity index (χ4n) is 1.93. The number of hydrogen-bond acceptors (Lipinski definition) is 3. The van der Waals surface area contributed by atoms with E-state index in [1.807, 2.05) is 6.92 Å². The number of carbonyl (C=O) groups is 1. The molecule has 0 aliphatic carbocycles. The summed E-state index contributed by atoms with van der Waals surface area (Å²) in [6.45, 7) is 2.29. The maximum absolute atomic E-state index is 12.5. The Morgan fingerprint density at radius 1 is 1.09 bits per heavy atom. The van der Waals surface area contributed by atoms with E-state index >= 15 is 0 Å². The molecule has 0 bridgehead atoms. The Bertz CT molecular complexity index is 689. The van der Waals surface area contributed by atoms with Crippen molar-refractivity contribution < 1.29 is 14.3 Å². The third kappa shape index (κ3) is 3.84. The lowest BCUT2D eigenvalue weighted by Crippen LogP contribution is -2.14. The first-order chi connectivity index (χ1) is 10.5. The Morgan fingerprint density at radius 2 is 1.73 bits per heavy atom. The number of amides is 1. The molecule has 0 heterocycles. The third-order valence-corrected chi connectivity index (χ3v) is 3.37. The molecule has 2 aromatic carbocycles. The van der Waals surface area contributed by atoms with Crippen LogP contribution in [0.2, 0.25) is 10.0 Å². The predicted octanol–water partition coefficient (Wildman–Crippen LogP) is 4.65. The maximum Gasteiger partial charge on any atom is 0.259 e. The van der Waals surface area contributed by atoms with E-state index in [0.29, 0.717) is 39.4 Å². The summed E-state index contributed by atoms with van der Waals surface area (Å²) >= 11 is 11.9. The van der Waals surface area contributed by atoms with E-state index in [4.69, 9.17) is 32.7 Å². The molecule has 22 heavy (non-hydrogen) atoms. The Morgan fingerprint density at radius 3 is 2.36 bits per heavy atom. The summed E-state index contributed by atoms with van der Waals surface area (Å²) in [5.41, 5.74) is 0.818. The van der Waals surface area contributed by atoms with Gasteiger partial charge in [0.1, 0.15) is 11.5 Å². The molecule has 0 spiro atoms. The van der Waals surface area contributed by atoms with Crippen molar-refractivity contribution >= 4 is 34.8 Å². The monoisotopic (exact) mass is 339 g/mol. The fraction of sp³-hybridized carbons (Fsp3) is 0.188. The molecule has 4 nitrogen and oxygen atoms in total. The number of benzene rings is 2. The minimum atomic E-state index is -0.355. The average Bonchev–Trinajstić information content (AvgIpc) is 2.49. The second-order valence-electron chi connectivity index (χ2n) is 4.37. The van der Waals surface area contributed by atoms with Gasteiger partial charge in [-0.25, -0.2) is 0 Å². The zero-order chi connectivity index (χ0) is 16.1. The quantitative estimate of drug-likeness (QED) is 0.862. The molecule has 1 N–H and O–H groups in total. The number of hydrogen-bond donors (Lipinski definition) is 1. The number of rotatable bonds is 5. The van der Waals surface area contributed by atoms with E-state index < -0.39 is 0 Å². The number of anilines is 1. The van der Waals surface area contributed by atoms with Crippen molar-refractivity contribution in [2.75, 3.05) is 19.0 Å². The lowest BCUT2D eigenvalue weighted by molar-refractivity contribution is 0.102. The highest BCUT2D eigenvalue weighted by Crippen LogP contribution is 2.30. The Kier molecular flexibility index (Phi) is 5.52. The van der Waals surface area contributed by atoms with Crippen LogP contribution >= 0.6 is 23.2 Å². The molecular weight excluding hydrogens is 325 g/mol. The topological polar surface area (TPSA) is 47.6 Å². The first-order valence-corrected chi connectivity index (χ1v) is 7.38. The van der Waals surface area contributed by atoms with Crippen LogP contribution in [0, 0.1) is 0 Å². The van der Waals surface area contributed by atoms with E-state index in [-0.39, 0.29) is 5.91 Å². The number of carbonyl (C=O) groups excluding carboxylic acids is 1. The molecule has 0 atom stereocenters. The Hall–Kier alpha value is -1.91. The van der Waals surface area contributed by atoms with E-state index in [1.54, 1.807) is 36.4 Å². The number of nitrogens with one attached hydrogen (secondary N) is 1. The number of methoxy groups -OCH3 is 1. The molecule has 0 saturated heterocycles. The summed E-state index contributed by atoms with van der Waals surface area (Å²) in [4.78, 5) is 12.5. The molecule has 0 radical (unpaired) electrons. The van der Waals surface area contributed by atoms with Gasteiger partial charge in [-0.05, 0) is 43.3 Å². The van der Waals surface area contributed by atoms with Crippen LogP contribution in [0.1, 0.15) is 17.3 Å². The standard InChI is InChI=1S/C16H15Cl2NO3/c1-3-22-14-6-4-10(17)8-12(14)16(20)19-13-9-11(18)5-7-15(13)21-2/h4-9H,3H2,1-2H3,(H,19,20). The maximum atomic E-state index is 12.5. The fourth-order valence-corrected chi connectivity index (χ4v) is 2.27. The largest absolute Gasteiger partial charge is 0.495 e. The summed E-state index contributed by atoms with van der Waals surface area (Å²) in [5.74, 6) is 0.620. The van der Waals surface area contributed by atoms with Gasteiger partial charge in [-0.3, -0.25) is 4.79 Å². The molecule has 6 heteroatoms. The normalized spacial score (nSPS) is 10.2. The van der Waals surface area contributed by atoms with E-state index in [0.717, 1.165) is 0 Å². The van der Waals surface area contributed by atoms with Crippen LogP contribution in [0.5, 0.6) is 11.5 Å². The summed E-state index contributed by atoms with van der Waals surface area (Å²) in [5, 5.41) is 3.70. The lowest BCUT2D eigenvalue weighted by atomic mass is 10.1. The van der Waals surface area contributed by atoms with Crippen molar-refractivity contribution in [3.63, 3.8) is 0 Å². The second kappa shape index (κ2) is 7.38. The summed E-state index contributed by atoms with van der Waals surface area (Å²) in [7, 11) is 1.52. The zero-order valence-electron chi connectivity index (χ0n) is 12.2. The van der Waals surface area contributed by atoms with Gasteiger partial charge in [0, 0.05) is 10.0 Å². The van der Waals surface area contributed by atoms with Crippen LogP contribution in [-0.4, -0.2) is 19.6 Å². The lowest BCUT2D eigenvalue weighted by Gasteiger charge is -2.13. The molecule has 1 amide bonds. The molecule has 0 fully saturated rings. The van der Waals surface area contributed by atoms with Crippen LogP contribution in [0.25, 0.3) is 0 Å². The Balaban J connectivity index is 2.33. The minimum absolute atomic E-state index is 0.344. The smallest absolute Gasteiger partial charge is 0.259 e. The first-order valence-electron chi connectivity index (χ1n) is 6.62. The highest BCUT2D eigenvalue weighted by Gasteiger charge is 2.15. The van der Waals surface area contributed by atoms with Crippen molar-refractivity contribution in [3.8, 4) is 11.5 Å². The van der Waals surface area contributed by atoms with Crippen LogP contribution in [0.3, 0.4) is 0 Å². The molecule has 0 aliphatic heterocycles. The van der Waals surface area contributed by atoms with Gasteiger partial charge >= 0.3 is 0 Å². The predicted molar refractivity (Wildman–Crippen MR) is 88.6 cm³/mol. The van der Waals surface area contributed by atoms with Gasteiger partial charge < -0.3 is 14.8 Å². The minimum Gasteiger partial charge on any atom is -0.495 e. The van der Waals surface area contributed by atoms with Crippen molar-refractivity contribution in [1.29, 1.82) is 0 Å². The van der Waals surface area contributed by atoms with E-state index in [2.05, 4.69) is 5.32 Å². The summed E-state index contributed by atoms with van der Waals surface area (Å²) in [6, 6.07) is 9.86. The molecular formula is C16H15Cl2NO3. The number of halogens is 2. The van der Waals surface area contributed by atoms with Crippen LogP contribution in [0.4, 0.5) is 5.69 Å². The van der Waals surface area contributed by atoms with Gasteiger partial charge in [0.2, 0.25) is 0 Å². The van der Waals surface area contributed by atoms with Gasteiger partial charge in [0.05, 0.1) is 25.0 Å². The van der Waals surface area contributed by atoms with Crippen LogP contribution < -0.4 is 14.8 Å². The number of ether oxygens (including phenoxy) is 2. The van der Waals surface area contributed by atoms with Crippen molar-refractivity contribution in [2.45, 2.75) is 6.92 Å². The molecule has 0 aliphatic rings. The van der Waals surface area contributed by atoms with Crippen LogP contribution in [0.15, 0.2) is 36.4 Å². The van der Waals surface area contributed by atoms with E-state index in [9.17, 15) is 4.79 Å². The Labute approximate surface area is 138 Å². The van der Waals surface area contributed by atoms with Gasteiger partial charge in [0.15, 0.2) is 0 Å². The highest BCUT2D eigenvalue weighted by molar-refractivity contribution is 6.31. The SMILES string of the molecule is CCOc1ccc(Cl)cc1C(=O)Nc1cc(Cl)ccc1OC. The zero-order valence-corrected chi connectivity index (χ0v) is 13.7. The van der Waals surface area contributed by atoms with Gasteiger partial charge in [-0.2, -0.15) is 0 Å². The molecule has 0 saturated carbocycles. The highest BCUT2D eigenvalue weighted by atomic mass is 35.5. The second-order valence-corrected chi connectivity index (χ2v) is 5.25. The third-order valence-electron chi connectivity index (χ3n) is 2.90. The van der Waals surface area contributed by atoms with Crippen LogP contribution in [-0.2, 0) is 0 Å². The van der Waals surface area contributed by atoms with Crippen molar-refractivity contribution in [2.24, 2.45) is 0 Å². The van der Waals surface area contributed by atoms with Gasteiger partial charge in [0.25, 0.3) is 5.91 Å².